The first-order valence-corrected chi connectivity index (χ1v) is 11.2. The molecule has 2 heterocycles. The Kier molecular flexibility index (Phi) is 5.30. The van der Waals surface area contributed by atoms with Gasteiger partial charge in [0.15, 0.2) is 0 Å². The zero-order valence-corrected chi connectivity index (χ0v) is 17.4. The zero-order valence-electron chi connectivity index (χ0n) is 17.4. The van der Waals surface area contributed by atoms with Crippen molar-refractivity contribution in [2.75, 3.05) is 32.7 Å². The van der Waals surface area contributed by atoms with Crippen molar-refractivity contribution in [1.29, 1.82) is 0 Å². The molecule has 5 heteroatoms. The Morgan fingerprint density at radius 3 is 2.17 bits per heavy atom. The number of hydrogen-bond acceptors (Lipinski definition) is 3. The minimum Gasteiger partial charge on any atom is -0.336 e. The van der Waals surface area contributed by atoms with Crippen molar-refractivity contribution in [3.8, 4) is 0 Å². The van der Waals surface area contributed by atoms with Crippen LogP contribution in [-0.4, -0.2) is 65.3 Å². The summed E-state index contributed by atoms with van der Waals surface area (Å²) in [5.41, 5.74) is 3.87. The fourth-order valence-corrected chi connectivity index (χ4v) is 4.85. The molecule has 0 bridgehead atoms. The summed E-state index contributed by atoms with van der Waals surface area (Å²) < 4.78 is 0. The minimum absolute atomic E-state index is 0.0748. The van der Waals surface area contributed by atoms with Gasteiger partial charge in [0.05, 0.1) is 0 Å². The number of nitrogens with zero attached hydrogens (tertiary/aromatic N) is 3. The highest BCUT2D eigenvalue weighted by atomic mass is 16.2. The Labute approximate surface area is 178 Å². The Bertz CT molecular complexity index is 931. The Balaban J connectivity index is 1.23. The van der Waals surface area contributed by atoms with Crippen LogP contribution in [0.2, 0.25) is 0 Å². The highest BCUT2D eigenvalue weighted by molar-refractivity contribution is 5.95. The van der Waals surface area contributed by atoms with E-state index in [4.69, 9.17) is 0 Å². The number of amides is 2. The van der Waals surface area contributed by atoms with Crippen LogP contribution in [0.1, 0.15) is 51.1 Å². The molecule has 1 saturated carbocycles. The second kappa shape index (κ2) is 8.23. The molecule has 2 fully saturated rings. The largest absolute Gasteiger partial charge is 0.336 e. The molecule has 0 aromatic heterocycles. The van der Waals surface area contributed by atoms with Crippen molar-refractivity contribution in [3.63, 3.8) is 0 Å². The van der Waals surface area contributed by atoms with Crippen molar-refractivity contribution < 1.29 is 9.59 Å². The van der Waals surface area contributed by atoms with Crippen LogP contribution in [0.3, 0.4) is 0 Å². The molecule has 2 aromatic carbocycles. The maximum atomic E-state index is 13.0. The minimum atomic E-state index is 0.0748. The Morgan fingerprint density at radius 1 is 0.733 bits per heavy atom. The van der Waals surface area contributed by atoms with E-state index in [0.29, 0.717) is 13.1 Å². The van der Waals surface area contributed by atoms with Crippen LogP contribution in [-0.2, 0) is 13.0 Å². The van der Waals surface area contributed by atoms with Gasteiger partial charge >= 0.3 is 0 Å². The summed E-state index contributed by atoms with van der Waals surface area (Å²) in [6, 6.07) is 16.2. The van der Waals surface area contributed by atoms with E-state index < -0.39 is 0 Å². The fourth-order valence-electron chi connectivity index (χ4n) is 4.85. The van der Waals surface area contributed by atoms with Gasteiger partial charge in [-0.15, -0.1) is 0 Å². The maximum Gasteiger partial charge on any atom is 0.254 e. The summed E-state index contributed by atoms with van der Waals surface area (Å²) in [5, 5.41) is 0. The van der Waals surface area contributed by atoms with E-state index in [1.54, 1.807) is 0 Å². The molecule has 1 aliphatic carbocycles. The molecule has 0 radical (unpaired) electrons. The van der Waals surface area contributed by atoms with Gasteiger partial charge in [-0.05, 0) is 54.7 Å². The molecule has 0 N–H and O–H groups in total. The molecule has 3 aliphatic rings. The van der Waals surface area contributed by atoms with Crippen LogP contribution >= 0.6 is 0 Å². The fraction of sp³-hybridized carbons (Fsp3) is 0.440. The lowest BCUT2D eigenvalue weighted by atomic mass is 9.91. The van der Waals surface area contributed by atoms with Gasteiger partial charge in [0.2, 0.25) is 0 Å². The summed E-state index contributed by atoms with van der Waals surface area (Å²) in [6.45, 7) is 4.95. The molecule has 5 nitrogen and oxygen atoms in total. The maximum absolute atomic E-state index is 13.0. The molecular formula is C25H29N3O2. The number of benzene rings is 2. The molecule has 1 saturated heterocycles. The van der Waals surface area contributed by atoms with Crippen LogP contribution in [0.15, 0.2) is 48.5 Å². The lowest BCUT2D eigenvalue weighted by Crippen LogP contribution is -2.53. The van der Waals surface area contributed by atoms with Gasteiger partial charge in [-0.25, -0.2) is 0 Å². The highest BCUT2D eigenvalue weighted by Gasteiger charge is 2.30. The number of hydrogen-bond donors (Lipinski definition) is 0. The van der Waals surface area contributed by atoms with Gasteiger partial charge in [0.25, 0.3) is 11.8 Å². The van der Waals surface area contributed by atoms with E-state index in [-0.39, 0.29) is 11.8 Å². The predicted octanol–water partition coefficient (Wildman–Crippen LogP) is 3.20. The normalized spacial score (nSPS) is 19.9. The van der Waals surface area contributed by atoms with Crippen molar-refractivity contribution >= 4 is 11.8 Å². The summed E-state index contributed by atoms with van der Waals surface area (Å²) in [5.74, 6) is 0.222. The third-order valence-corrected chi connectivity index (χ3v) is 6.97. The number of fused-ring (bicyclic) bond motifs is 1. The summed E-state index contributed by atoms with van der Waals surface area (Å²) >= 11 is 0. The van der Waals surface area contributed by atoms with E-state index in [1.807, 2.05) is 52.3 Å². The number of rotatable bonds is 3. The average Bonchev–Trinajstić information content (AvgIpc) is 2.77. The Morgan fingerprint density at radius 2 is 1.47 bits per heavy atom. The molecule has 30 heavy (non-hydrogen) atoms. The van der Waals surface area contributed by atoms with E-state index in [0.717, 1.165) is 55.3 Å². The standard InChI is InChI=1S/C25H29N3O2/c29-24(19-5-2-1-3-6-19)28-12-11-20-17-21(9-10-22(20)18-28)25(30)27-15-13-26(14-16-27)23-7-4-8-23/h1-3,5-6,9-10,17,23H,4,7-8,11-16,18H2. The third-order valence-electron chi connectivity index (χ3n) is 6.97. The first kappa shape index (κ1) is 19.3. The first-order chi connectivity index (χ1) is 14.7. The summed E-state index contributed by atoms with van der Waals surface area (Å²) in [6.07, 6.45) is 4.79. The van der Waals surface area contributed by atoms with Gasteiger partial charge in [-0.3, -0.25) is 14.5 Å². The second-order valence-corrected chi connectivity index (χ2v) is 8.74. The van der Waals surface area contributed by atoms with E-state index in [2.05, 4.69) is 11.0 Å². The van der Waals surface area contributed by atoms with Crippen molar-refractivity contribution in [2.24, 2.45) is 0 Å². The lowest BCUT2D eigenvalue weighted by Gasteiger charge is -2.43. The molecular weight excluding hydrogens is 374 g/mol. The van der Waals surface area contributed by atoms with Gasteiger partial charge in [-0.1, -0.05) is 30.7 Å². The van der Waals surface area contributed by atoms with E-state index >= 15 is 0 Å². The van der Waals surface area contributed by atoms with Crippen LogP contribution in [0.4, 0.5) is 0 Å². The van der Waals surface area contributed by atoms with Crippen molar-refractivity contribution in [1.82, 2.24) is 14.7 Å². The van der Waals surface area contributed by atoms with Gasteiger partial charge < -0.3 is 9.80 Å². The monoisotopic (exact) mass is 403 g/mol. The van der Waals surface area contributed by atoms with Gasteiger partial charge in [0.1, 0.15) is 0 Å². The molecule has 2 aliphatic heterocycles. The predicted molar refractivity (Wildman–Crippen MR) is 116 cm³/mol. The second-order valence-electron chi connectivity index (χ2n) is 8.74. The molecule has 5 rings (SSSR count). The van der Waals surface area contributed by atoms with Crippen LogP contribution in [0, 0.1) is 0 Å². The number of piperazine rings is 1. The number of carbonyl (C=O) groups is 2. The van der Waals surface area contributed by atoms with Gasteiger partial charge in [-0.2, -0.15) is 0 Å². The summed E-state index contributed by atoms with van der Waals surface area (Å²) in [7, 11) is 0. The van der Waals surface area contributed by atoms with Crippen molar-refractivity contribution in [3.05, 3.63) is 70.8 Å². The first-order valence-electron chi connectivity index (χ1n) is 11.2. The molecule has 2 amide bonds. The van der Waals surface area contributed by atoms with Gasteiger partial charge in [0, 0.05) is 56.4 Å². The quantitative estimate of drug-likeness (QED) is 0.791. The molecule has 0 atom stereocenters. The third kappa shape index (κ3) is 3.74. The summed E-state index contributed by atoms with van der Waals surface area (Å²) in [4.78, 5) is 32.3. The van der Waals surface area contributed by atoms with E-state index in [1.165, 1.54) is 24.8 Å². The molecule has 156 valence electrons. The van der Waals surface area contributed by atoms with Crippen molar-refractivity contribution in [2.45, 2.75) is 38.3 Å². The smallest absolute Gasteiger partial charge is 0.254 e. The molecule has 2 aromatic rings. The SMILES string of the molecule is O=C(c1ccc2c(c1)CCN(C(=O)c1ccccc1)C2)N1CCN(C2CCC2)CC1. The zero-order chi connectivity index (χ0) is 20.5. The lowest BCUT2D eigenvalue weighted by molar-refractivity contribution is 0.0455. The average molecular weight is 404 g/mol. The van der Waals surface area contributed by atoms with E-state index in [9.17, 15) is 9.59 Å². The van der Waals surface area contributed by atoms with Crippen LogP contribution in [0.5, 0.6) is 0 Å². The molecule has 0 unspecified atom stereocenters. The van der Waals surface area contributed by atoms with Crippen LogP contribution < -0.4 is 0 Å². The van der Waals surface area contributed by atoms with Crippen LogP contribution in [0.25, 0.3) is 0 Å². The highest BCUT2D eigenvalue weighted by Crippen LogP contribution is 2.26. The topological polar surface area (TPSA) is 43.9 Å². The molecule has 0 spiro atoms. The number of carbonyl (C=O) groups excluding carboxylic acids is 2. The Hall–Kier alpha value is -2.66.